The molecule has 2 rings (SSSR count). The lowest BCUT2D eigenvalue weighted by Gasteiger charge is -2.27. The molecule has 1 amide bonds. The van der Waals surface area contributed by atoms with Crippen molar-refractivity contribution in [2.75, 3.05) is 26.2 Å². The number of hydrogen-bond donors (Lipinski definition) is 2. The number of amides is 1. The van der Waals surface area contributed by atoms with E-state index >= 15 is 0 Å². The fourth-order valence-electron chi connectivity index (χ4n) is 2.79. The topological polar surface area (TPSA) is 67.6 Å². The van der Waals surface area contributed by atoms with Gasteiger partial charge in [0.15, 0.2) is 0 Å². The summed E-state index contributed by atoms with van der Waals surface area (Å²) in [6.07, 6.45) is 2.53. The van der Waals surface area contributed by atoms with E-state index in [-0.39, 0.29) is 11.8 Å². The third-order valence-corrected chi connectivity index (χ3v) is 4.03. The second kappa shape index (κ2) is 8.12. The number of hydrogen-bond acceptors (Lipinski definition) is 4. The first-order chi connectivity index (χ1) is 10.2. The number of likely N-dealkylation sites (N-methyl/N-ethyl adjacent to an activating group) is 1. The molecule has 1 heterocycles. The van der Waals surface area contributed by atoms with E-state index in [0.717, 1.165) is 38.1 Å². The molecule has 1 saturated heterocycles. The third kappa shape index (κ3) is 4.52. The van der Waals surface area contributed by atoms with Crippen LogP contribution in [0, 0.1) is 0 Å². The molecule has 1 aliphatic heterocycles. The Labute approximate surface area is 126 Å². The molecule has 1 aromatic carbocycles. The highest BCUT2D eigenvalue weighted by Gasteiger charge is 2.25. The summed E-state index contributed by atoms with van der Waals surface area (Å²) in [6.45, 7) is 5.38. The van der Waals surface area contributed by atoms with Crippen molar-refractivity contribution in [2.24, 2.45) is 5.84 Å². The van der Waals surface area contributed by atoms with E-state index in [1.54, 1.807) is 0 Å². The molecule has 2 unspecified atom stereocenters. The van der Waals surface area contributed by atoms with Gasteiger partial charge in [0.2, 0.25) is 5.91 Å². The number of benzene rings is 1. The first kappa shape index (κ1) is 15.9. The summed E-state index contributed by atoms with van der Waals surface area (Å²) < 4.78 is 5.69. The monoisotopic (exact) mass is 291 g/mol. The summed E-state index contributed by atoms with van der Waals surface area (Å²) in [5, 5.41) is 0. The van der Waals surface area contributed by atoms with Gasteiger partial charge in [-0.2, -0.15) is 0 Å². The van der Waals surface area contributed by atoms with Gasteiger partial charge in [-0.15, -0.1) is 0 Å². The predicted octanol–water partition coefficient (Wildman–Crippen LogP) is 1.26. The molecular weight excluding hydrogens is 266 g/mol. The van der Waals surface area contributed by atoms with Crippen molar-refractivity contribution in [3.8, 4) is 0 Å². The van der Waals surface area contributed by atoms with Crippen molar-refractivity contribution >= 4 is 5.91 Å². The third-order valence-electron chi connectivity index (χ3n) is 4.03. The summed E-state index contributed by atoms with van der Waals surface area (Å²) in [5.74, 6) is 4.95. The number of hydrazine groups is 1. The smallest absolute Gasteiger partial charge is 0.242 e. The molecule has 0 aliphatic carbocycles. The van der Waals surface area contributed by atoms with E-state index in [2.05, 4.69) is 17.2 Å². The van der Waals surface area contributed by atoms with Gasteiger partial charge in [0, 0.05) is 19.7 Å². The van der Waals surface area contributed by atoms with Crippen molar-refractivity contribution in [2.45, 2.75) is 31.8 Å². The van der Waals surface area contributed by atoms with Gasteiger partial charge in [0.1, 0.15) is 0 Å². The highest BCUT2D eigenvalue weighted by Crippen LogP contribution is 2.19. The lowest BCUT2D eigenvalue weighted by molar-refractivity contribution is -0.123. The number of nitrogens with one attached hydrogen (secondary N) is 1. The molecule has 116 valence electrons. The predicted molar refractivity (Wildman–Crippen MR) is 82.6 cm³/mol. The van der Waals surface area contributed by atoms with E-state index in [9.17, 15) is 4.79 Å². The average molecular weight is 291 g/mol. The van der Waals surface area contributed by atoms with Gasteiger partial charge in [-0.3, -0.25) is 15.1 Å². The quantitative estimate of drug-likeness (QED) is 0.451. The van der Waals surface area contributed by atoms with Crippen molar-refractivity contribution in [1.29, 1.82) is 0 Å². The fourth-order valence-corrected chi connectivity index (χ4v) is 2.79. The standard InChI is InChI=1S/C16H25N3O2/c1-2-19(11-14-9-6-10-21-14)12-15(16(20)18-17)13-7-4-3-5-8-13/h3-5,7-8,14-15H,2,6,9-12,17H2,1H3,(H,18,20). The molecule has 0 aromatic heterocycles. The summed E-state index contributed by atoms with van der Waals surface area (Å²) in [6, 6.07) is 9.79. The number of carbonyl (C=O) groups is 1. The van der Waals surface area contributed by atoms with Crippen LogP contribution >= 0.6 is 0 Å². The summed E-state index contributed by atoms with van der Waals surface area (Å²) >= 11 is 0. The minimum atomic E-state index is -0.252. The molecule has 5 heteroatoms. The highest BCUT2D eigenvalue weighted by molar-refractivity contribution is 5.83. The molecule has 3 N–H and O–H groups in total. The minimum absolute atomic E-state index is 0.146. The van der Waals surface area contributed by atoms with Crippen LogP contribution in [0.25, 0.3) is 0 Å². The van der Waals surface area contributed by atoms with Crippen LogP contribution in [0.1, 0.15) is 31.2 Å². The average Bonchev–Trinajstić information content (AvgIpc) is 3.04. The Bertz CT molecular complexity index is 432. The zero-order valence-corrected chi connectivity index (χ0v) is 12.6. The van der Waals surface area contributed by atoms with Crippen LogP contribution < -0.4 is 11.3 Å². The Kier molecular flexibility index (Phi) is 6.17. The molecule has 1 aromatic rings. The SMILES string of the molecule is CCN(CC1CCCO1)CC(C(=O)NN)c1ccccc1. The number of ether oxygens (including phenoxy) is 1. The molecule has 0 spiro atoms. The van der Waals surface area contributed by atoms with Crippen LogP contribution in [-0.4, -0.2) is 43.2 Å². The Morgan fingerprint density at radius 2 is 2.24 bits per heavy atom. The minimum Gasteiger partial charge on any atom is -0.377 e. The summed E-state index contributed by atoms with van der Waals surface area (Å²) in [5.41, 5.74) is 3.28. The van der Waals surface area contributed by atoms with Gasteiger partial charge in [-0.25, -0.2) is 5.84 Å². The van der Waals surface area contributed by atoms with E-state index in [1.165, 1.54) is 0 Å². The van der Waals surface area contributed by atoms with Gasteiger partial charge >= 0.3 is 0 Å². The zero-order valence-electron chi connectivity index (χ0n) is 12.6. The van der Waals surface area contributed by atoms with Crippen LogP contribution in [0.5, 0.6) is 0 Å². The van der Waals surface area contributed by atoms with Crippen LogP contribution in [-0.2, 0) is 9.53 Å². The second-order valence-electron chi connectivity index (χ2n) is 5.46. The van der Waals surface area contributed by atoms with Gasteiger partial charge < -0.3 is 4.74 Å². The van der Waals surface area contributed by atoms with E-state index in [0.29, 0.717) is 12.6 Å². The van der Waals surface area contributed by atoms with Crippen LogP contribution in [0.15, 0.2) is 30.3 Å². The molecule has 1 aliphatic rings. The van der Waals surface area contributed by atoms with Gasteiger partial charge in [0.25, 0.3) is 0 Å². The van der Waals surface area contributed by atoms with Gasteiger partial charge in [0.05, 0.1) is 12.0 Å². The molecule has 0 radical (unpaired) electrons. The summed E-state index contributed by atoms with van der Waals surface area (Å²) in [7, 11) is 0. The van der Waals surface area contributed by atoms with Gasteiger partial charge in [-0.05, 0) is 24.9 Å². The molecule has 0 saturated carbocycles. The summed E-state index contributed by atoms with van der Waals surface area (Å²) in [4.78, 5) is 14.4. The normalized spacial score (nSPS) is 19.7. The van der Waals surface area contributed by atoms with Crippen molar-refractivity contribution in [1.82, 2.24) is 10.3 Å². The van der Waals surface area contributed by atoms with Crippen molar-refractivity contribution in [3.63, 3.8) is 0 Å². The largest absolute Gasteiger partial charge is 0.377 e. The molecule has 21 heavy (non-hydrogen) atoms. The Hall–Kier alpha value is -1.43. The molecule has 5 nitrogen and oxygen atoms in total. The maximum atomic E-state index is 12.1. The van der Waals surface area contributed by atoms with Crippen LogP contribution in [0.3, 0.4) is 0 Å². The fraction of sp³-hybridized carbons (Fsp3) is 0.562. The lowest BCUT2D eigenvalue weighted by Crippen LogP contribution is -2.42. The van der Waals surface area contributed by atoms with Crippen LogP contribution in [0.2, 0.25) is 0 Å². The second-order valence-corrected chi connectivity index (χ2v) is 5.46. The Morgan fingerprint density at radius 3 is 2.81 bits per heavy atom. The highest BCUT2D eigenvalue weighted by atomic mass is 16.5. The molecule has 2 atom stereocenters. The van der Waals surface area contributed by atoms with Gasteiger partial charge in [-0.1, -0.05) is 37.3 Å². The Morgan fingerprint density at radius 1 is 1.48 bits per heavy atom. The van der Waals surface area contributed by atoms with Crippen LogP contribution in [0.4, 0.5) is 0 Å². The number of nitrogens with two attached hydrogens (primary N) is 1. The molecular formula is C16H25N3O2. The van der Waals surface area contributed by atoms with E-state index in [1.807, 2.05) is 30.3 Å². The van der Waals surface area contributed by atoms with Crippen molar-refractivity contribution < 1.29 is 9.53 Å². The van der Waals surface area contributed by atoms with E-state index in [4.69, 9.17) is 10.6 Å². The molecule has 0 bridgehead atoms. The first-order valence-electron chi connectivity index (χ1n) is 7.64. The Balaban J connectivity index is 2.03. The maximum absolute atomic E-state index is 12.1. The number of nitrogens with zero attached hydrogens (tertiary/aromatic N) is 1. The number of rotatable bonds is 7. The number of carbonyl (C=O) groups excluding carboxylic acids is 1. The lowest BCUT2D eigenvalue weighted by atomic mass is 9.97. The first-order valence-corrected chi connectivity index (χ1v) is 7.64. The molecule has 1 fully saturated rings. The van der Waals surface area contributed by atoms with Crippen molar-refractivity contribution in [3.05, 3.63) is 35.9 Å². The zero-order chi connectivity index (χ0) is 15.1. The van der Waals surface area contributed by atoms with E-state index < -0.39 is 0 Å². The maximum Gasteiger partial charge on any atom is 0.242 e.